The molecular weight excluding hydrogens is 485 g/mol. The van der Waals surface area contributed by atoms with Crippen LogP contribution >= 0.6 is 0 Å². The van der Waals surface area contributed by atoms with Gasteiger partial charge in [-0.05, 0) is 43.0 Å². The Balaban J connectivity index is 1.84. The largest absolute Gasteiger partial charge is 0.493 e. The van der Waals surface area contributed by atoms with Crippen LogP contribution in [0.15, 0.2) is 58.7 Å². The molecular formula is C28H29F3N2O4. The first kappa shape index (κ1) is 26.4. The second-order valence-electron chi connectivity index (χ2n) is 10.2. The number of alkyl halides is 3. The van der Waals surface area contributed by atoms with Gasteiger partial charge >= 0.3 is 6.18 Å². The molecule has 4 rings (SSSR count). The Kier molecular flexibility index (Phi) is 6.92. The van der Waals surface area contributed by atoms with Gasteiger partial charge in [0.25, 0.3) is 0 Å². The van der Waals surface area contributed by atoms with Gasteiger partial charge in [-0.2, -0.15) is 13.2 Å². The van der Waals surface area contributed by atoms with Gasteiger partial charge in [0.1, 0.15) is 0 Å². The second kappa shape index (κ2) is 9.68. The number of rotatable bonds is 5. The molecule has 2 aromatic rings. The number of nitrogens with one attached hydrogen (secondary N) is 1. The van der Waals surface area contributed by atoms with Gasteiger partial charge in [-0.25, -0.2) is 0 Å². The number of Topliss-reactive ketones (excluding diaryl/α,β-unsaturated/α-hetero) is 1. The second-order valence-corrected chi connectivity index (χ2v) is 10.2. The van der Waals surface area contributed by atoms with Crippen LogP contribution in [0.3, 0.4) is 0 Å². The van der Waals surface area contributed by atoms with Crippen LogP contribution in [0.5, 0.6) is 11.5 Å². The first-order chi connectivity index (χ1) is 17.4. The predicted molar refractivity (Wildman–Crippen MR) is 134 cm³/mol. The van der Waals surface area contributed by atoms with Crippen molar-refractivity contribution in [3.05, 3.63) is 64.9 Å². The van der Waals surface area contributed by atoms with Crippen LogP contribution in [0.2, 0.25) is 0 Å². The molecule has 0 aromatic heterocycles. The standard InChI is InChI=1S/C28H29F3N2O4/c1-15-22(26(35)33-17-9-6-8-16(12-17)28(29,30)31)23(18-10-7-11-21(36-4)25(18)37-5)24-19(32-15)13-27(2,3)14-20(24)34/h6-12,22-23H,13-14H2,1-5H3,(H,33,35)/t22?,23-/m0/s1. The highest BCUT2D eigenvalue weighted by atomic mass is 19.4. The lowest BCUT2D eigenvalue weighted by molar-refractivity contribution is -0.137. The Hall–Kier alpha value is -3.62. The Morgan fingerprint density at radius 1 is 1.08 bits per heavy atom. The van der Waals surface area contributed by atoms with Crippen molar-refractivity contribution in [2.75, 3.05) is 19.5 Å². The van der Waals surface area contributed by atoms with Crippen LogP contribution in [-0.2, 0) is 15.8 Å². The van der Waals surface area contributed by atoms with Crippen LogP contribution in [0, 0.1) is 11.3 Å². The predicted octanol–water partition coefficient (Wildman–Crippen LogP) is 6.18. The Morgan fingerprint density at radius 2 is 1.78 bits per heavy atom. The van der Waals surface area contributed by atoms with E-state index >= 15 is 0 Å². The van der Waals surface area contributed by atoms with E-state index in [1.807, 2.05) is 13.8 Å². The number of hydrogen-bond acceptors (Lipinski definition) is 5. The number of allylic oxidation sites excluding steroid dienone is 2. The summed E-state index contributed by atoms with van der Waals surface area (Å²) in [4.78, 5) is 31.9. The van der Waals surface area contributed by atoms with Crippen LogP contribution in [0.1, 0.15) is 50.7 Å². The summed E-state index contributed by atoms with van der Waals surface area (Å²) in [5.41, 5.74) is 0.914. The maximum absolute atomic E-state index is 13.7. The van der Waals surface area contributed by atoms with Gasteiger partial charge in [-0.15, -0.1) is 0 Å². The van der Waals surface area contributed by atoms with Crippen molar-refractivity contribution in [1.29, 1.82) is 0 Å². The highest BCUT2D eigenvalue weighted by Gasteiger charge is 2.46. The highest BCUT2D eigenvalue weighted by molar-refractivity contribution is 6.13. The average Bonchev–Trinajstić information content (AvgIpc) is 2.81. The molecule has 2 aliphatic rings. The lowest BCUT2D eigenvalue weighted by atomic mass is 9.66. The molecule has 0 fully saturated rings. The van der Waals surface area contributed by atoms with Gasteiger partial charge in [-0.1, -0.05) is 32.0 Å². The molecule has 0 bridgehead atoms. The number of amides is 1. The summed E-state index contributed by atoms with van der Waals surface area (Å²) in [6.07, 6.45) is -3.72. The lowest BCUT2D eigenvalue weighted by Crippen LogP contribution is -2.41. The van der Waals surface area contributed by atoms with Gasteiger partial charge in [0.05, 0.1) is 25.7 Å². The van der Waals surface area contributed by atoms with E-state index in [4.69, 9.17) is 9.47 Å². The van der Waals surface area contributed by atoms with Gasteiger partial charge in [0.2, 0.25) is 5.91 Å². The molecule has 0 saturated carbocycles. The number of nitrogens with zero attached hydrogens (tertiary/aromatic N) is 1. The van der Waals surface area contributed by atoms with E-state index in [0.29, 0.717) is 40.5 Å². The van der Waals surface area contributed by atoms with Gasteiger partial charge < -0.3 is 14.8 Å². The lowest BCUT2D eigenvalue weighted by Gasteiger charge is -2.39. The summed E-state index contributed by atoms with van der Waals surface area (Å²) in [5.74, 6) is -1.59. The summed E-state index contributed by atoms with van der Waals surface area (Å²) in [7, 11) is 2.97. The average molecular weight is 515 g/mol. The van der Waals surface area contributed by atoms with E-state index in [1.54, 1.807) is 25.1 Å². The molecule has 2 atom stereocenters. The molecule has 1 unspecified atom stereocenters. The summed E-state index contributed by atoms with van der Waals surface area (Å²) >= 11 is 0. The van der Waals surface area contributed by atoms with Crippen LogP contribution in [0.25, 0.3) is 0 Å². The zero-order valence-electron chi connectivity index (χ0n) is 21.3. The van der Waals surface area contributed by atoms with E-state index in [9.17, 15) is 22.8 Å². The topological polar surface area (TPSA) is 77.0 Å². The van der Waals surface area contributed by atoms with Gasteiger partial charge in [0, 0.05) is 40.6 Å². The van der Waals surface area contributed by atoms with Gasteiger partial charge in [-0.3, -0.25) is 14.6 Å². The summed E-state index contributed by atoms with van der Waals surface area (Å²) in [5, 5.41) is 2.62. The van der Waals surface area contributed by atoms with E-state index in [0.717, 1.165) is 12.1 Å². The van der Waals surface area contributed by atoms with Crippen molar-refractivity contribution in [3.63, 3.8) is 0 Å². The number of methoxy groups -OCH3 is 2. The monoisotopic (exact) mass is 514 g/mol. The number of hydrogen-bond donors (Lipinski definition) is 1. The molecule has 0 radical (unpaired) electrons. The quantitative estimate of drug-likeness (QED) is 0.517. The summed E-state index contributed by atoms with van der Waals surface area (Å²) < 4.78 is 50.9. The van der Waals surface area contributed by atoms with E-state index in [-0.39, 0.29) is 23.3 Å². The third kappa shape index (κ3) is 5.12. The molecule has 2 aromatic carbocycles. The zero-order chi connectivity index (χ0) is 27.1. The molecule has 1 aliphatic carbocycles. The molecule has 6 nitrogen and oxygen atoms in total. The minimum atomic E-state index is -4.56. The van der Waals surface area contributed by atoms with Crippen molar-refractivity contribution >= 4 is 23.1 Å². The third-order valence-corrected chi connectivity index (χ3v) is 6.81. The highest BCUT2D eigenvalue weighted by Crippen LogP contribution is 2.51. The van der Waals surface area contributed by atoms with Crippen molar-refractivity contribution in [2.24, 2.45) is 16.3 Å². The van der Waals surface area contributed by atoms with Crippen LogP contribution in [0.4, 0.5) is 18.9 Å². The van der Waals surface area contributed by atoms with Gasteiger partial charge in [0.15, 0.2) is 17.3 Å². The molecule has 1 heterocycles. The van der Waals surface area contributed by atoms with Crippen LogP contribution in [-0.4, -0.2) is 31.6 Å². The zero-order valence-corrected chi connectivity index (χ0v) is 21.3. The normalized spacial score (nSPS) is 21.2. The molecule has 196 valence electrons. The molecule has 1 amide bonds. The van der Waals surface area contributed by atoms with E-state index < -0.39 is 29.5 Å². The molecule has 0 spiro atoms. The van der Waals surface area contributed by atoms with E-state index in [2.05, 4.69) is 10.3 Å². The fraction of sp³-hybridized carbons (Fsp3) is 0.393. The number of carbonyl (C=O) groups is 2. The first-order valence-corrected chi connectivity index (χ1v) is 11.9. The summed E-state index contributed by atoms with van der Waals surface area (Å²) in [6, 6.07) is 9.67. The molecule has 37 heavy (non-hydrogen) atoms. The number of halogens is 3. The number of anilines is 1. The SMILES string of the molecule is COc1cccc([C@@H]2C3=C(CC(C)(C)CC3=O)N=C(C)C2C(=O)Nc2cccc(C(F)(F)F)c2)c1OC. The minimum absolute atomic E-state index is 0.000127. The Morgan fingerprint density at radius 3 is 2.43 bits per heavy atom. The minimum Gasteiger partial charge on any atom is -0.493 e. The number of ketones is 1. The number of ether oxygens (including phenoxy) is 2. The molecule has 1 aliphatic heterocycles. The van der Waals surface area contributed by atoms with Crippen molar-refractivity contribution in [2.45, 2.75) is 45.7 Å². The number of para-hydroxylation sites is 1. The molecule has 9 heteroatoms. The number of aliphatic imine (C=N–C) groups is 1. The van der Waals surface area contributed by atoms with Crippen molar-refractivity contribution in [1.82, 2.24) is 0 Å². The first-order valence-electron chi connectivity index (χ1n) is 11.9. The Bertz CT molecular complexity index is 1310. The van der Waals surface area contributed by atoms with E-state index in [1.165, 1.54) is 26.4 Å². The number of carbonyl (C=O) groups excluding carboxylic acids is 2. The van der Waals surface area contributed by atoms with Crippen LogP contribution < -0.4 is 14.8 Å². The number of benzene rings is 2. The molecule has 1 N–H and O–H groups in total. The maximum atomic E-state index is 13.7. The Labute approximate surface area is 213 Å². The summed E-state index contributed by atoms with van der Waals surface area (Å²) in [6.45, 7) is 5.69. The smallest absolute Gasteiger partial charge is 0.416 e. The fourth-order valence-corrected chi connectivity index (χ4v) is 5.27. The molecule has 0 saturated heterocycles. The van der Waals surface area contributed by atoms with Crippen molar-refractivity contribution in [3.8, 4) is 11.5 Å². The maximum Gasteiger partial charge on any atom is 0.416 e. The third-order valence-electron chi connectivity index (χ3n) is 6.81. The van der Waals surface area contributed by atoms with Crippen molar-refractivity contribution < 1.29 is 32.2 Å². The fourth-order valence-electron chi connectivity index (χ4n) is 5.27.